The van der Waals surface area contributed by atoms with Gasteiger partial charge in [-0.15, -0.1) is 10.2 Å². The van der Waals surface area contributed by atoms with Gasteiger partial charge in [-0.2, -0.15) is 13.2 Å². The maximum absolute atomic E-state index is 12.8. The summed E-state index contributed by atoms with van der Waals surface area (Å²) in [5.41, 5.74) is -0.386. The second-order valence-electron chi connectivity index (χ2n) is 6.61. The first kappa shape index (κ1) is 20.2. The van der Waals surface area contributed by atoms with Crippen molar-refractivity contribution in [3.63, 3.8) is 0 Å². The van der Waals surface area contributed by atoms with Gasteiger partial charge in [0.05, 0.1) is 11.5 Å². The van der Waals surface area contributed by atoms with E-state index in [2.05, 4.69) is 15.5 Å². The number of nitrogens with zero attached hydrogens (tertiary/aromatic N) is 3. The van der Waals surface area contributed by atoms with Crippen molar-refractivity contribution >= 4 is 28.3 Å². The van der Waals surface area contributed by atoms with Crippen molar-refractivity contribution in [1.82, 2.24) is 15.1 Å². The molecule has 1 atom stereocenters. The topological polar surface area (TPSA) is 75.2 Å². The van der Waals surface area contributed by atoms with Crippen LogP contribution >= 0.6 is 11.3 Å². The fourth-order valence-electron chi connectivity index (χ4n) is 2.99. The Morgan fingerprint density at radius 1 is 1.36 bits per heavy atom. The smallest absolute Gasteiger partial charge is 0.338 e. The Bertz CT molecular complexity index is 869. The molecule has 2 amide bonds. The van der Waals surface area contributed by atoms with Crippen molar-refractivity contribution in [3.05, 3.63) is 40.4 Å². The van der Waals surface area contributed by atoms with E-state index in [9.17, 15) is 22.8 Å². The Morgan fingerprint density at radius 2 is 2.14 bits per heavy atom. The van der Waals surface area contributed by atoms with Crippen molar-refractivity contribution < 1.29 is 22.8 Å². The zero-order chi connectivity index (χ0) is 20.3. The van der Waals surface area contributed by atoms with Crippen LogP contribution in [0, 0.1) is 5.92 Å². The van der Waals surface area contributed by atoms with Crippen molar-refractivity contribution in [2.45, 2.75) is 38.9 Å². The van der Waals surface area contributed by atoms with Gasteiger partial charge in [0.15, 0.2) is 0 Å². The van der Waals surface area contributed by atoms with E-state index in [1.54, 1.807) is 0 Å². The van der Waals surface area contributed by atoms with Gasteiger partial charge in [0.25, 0.3) is 0 Å². The summed E-state index contributed by atoms with van der Waals surface area (Å²) in [6, 6.07) is 4.86. The number of rotatable bonds is 6. The molecule has 2 aromatic rings. The molecule has 2 heterocycles. The molecule has 1 aliphatic heterocycles. The lowest BCUT2D eigenvalue weighted by Crippen LogP contribution is -2.28. The van der Waals surface area contributed by atoms with Crippen LogP contribution in [0.1, 0.15) is 35.9 Å². The van der Waals surface area contributed by atoms with Gasteiger partial charge in [-0.1, -0.05) is 30.4 Å². The standard InChI is InChI=1S/C18H19F3N4O2S/c1-2-4-14-23-24-17(28-14)22-16(27)12-8-15(26)25(10-12)9-11-5-3-6-13(7-11)18(19,20)21/h3,5-7,12H,2,4,8-10H2,1H3,(H,22,24,27). The summed E-state index contributed by atoms with van der Waals surface area (Å²) in [5, 5.41) is 11.8. The minimum Gasteiger partial charge on any atom is -0.338 e. The van der Waals surface area contributed by atoms with Gasteiger partial charge in [-0.3, -0.25) is 9.59 Å². The Hall–Kier alpha value is -2.49. The molecule has 0 bridgehead atoms. The molecule has 10 heteroatoms. The van der Waals surface area contributed by atoms with E-state index < -0.39 is 17.7 Å². The summed E-state index contributed by atoms with van der Waals surface area (Å²) in [4.78, 5) is 26.0. The predicted molar refractivity (Wildman–Crippen MR) is 97.5 cm³/mol. The van der Waals surface area contributed by atoms with Crippen molar-refractivity contribution in [1.29, 1.82) is 0 Å². The molecule has 6 nitrogen and oxygen atoms in total. The van der Waals surface area contributed by atoms with Crippen LogP contribution in [0.4, 0.5) is 18.3 Å². The van der Waals surface area contributed by atoms with Crippen LogP contribution in [0.5, 0.6) is 0 Å². The second-order valence-corrected chi connectivity index (χ2v) is 7.68. The lowest BCUT2D eigenvalue weighted by atomic mass is 10.1. The average Bonchev–Trinajstić information content (AvgIpc) is 3.22. The molecule has 1 aromatic carbocycles. The minimum atomic E-state index is -4.44. The Labute approximate surface area is 163 Å². The highest BCUT2D eigenvalue weighted by Gasteiger charge is 2.35. The number of alkyl halides is 3. The highest BCUT2D eigenvalue weighted by atomic mass is 32.1. The largest absolute Gasteiger partial charge is 0.416 e. The summed E-state index contributed by atoms with van der Waals surface area (Å²) >= 11 is 1.29. The fraction of sp³-hybridized carbons (Fsp3) is 0.444. The number of hydrogen-bond donors (Lipinski definition) is 1. The van der Waals surface area contributed by atoms with Crippen molar-refractivity contribution in [3.8, 4) is 0 Å². The molecule has 0 radical (unpaired) electrons. The van der Waals surface area contributed by atoms with Gasteiger partial charge in [-0.05, 0) is 24.1 Å². The van der Waals surface area contributed by atoms with Crippen molar-refractivity contribution in [2.75, 3.05) is 11.9 Å². The van der Waals surface area contributed by atoms with Gasteiger partial charge < -0.3 is 10.2 Å². The zero-order valence-electron chi connectivity index (χ0n) is 15.1. The number of nitrogens with one attached hydrogen (secondary N) is 1. The molecule has 1 saturated heterocycles. The molecular weight excluding hydrogens is 393 g/mol. The first-order valence-electron chi connectivity index (χ1n) is 8.83. The zero-order valence-corrected chi connectivity index (χ0v) is 15.9. The molecule has 1 N–H and O–H groups in total. The van der Waals surface area contributed by atoms with E-state index in [1.165, 1.54) is 28.4 Å². The van der Waals surface area contributed by atoms with Crippen LogP contribution in [-0.2, 0) is 28.7 Å². The molecule has 3 rings (SSSR count). The molecule has 1 aliphatic rings. The number of benzene rings is 1. The van der Waals surface area contributed by atoms with E-state index in [1.807, 2.05) is 6.92 Å². The average molecular weight is 412 g/mol. The number of hydrogen-bond acceptors (Lipinski definition) is 5. The molecule has 0 saturated carbocycles. The number of likely N-dealkylation sites (tertiary alicyclic amines) is 1. The van der Waals surface area contributed by atoms with Gasteiger partial charge in [0.2, 0.25) is 16.9 Å². The molecular formula is C18H19F3N4O2S. The lowest BCUT2D eigenvalue weighted by Gasteiger charge is -2.17. The SMILES string of the molecule is CCCc1nnc(NC(=O)C2CC(=O)N(Cc3cccc(C(F)(F)F)c3)C2)s1. The highest BCUT2D eigenvalue weighted by molar-refractivity contribution is 7.15. The first-order chi connectivity index (χ1) is 13.3. The van der Waals surface area contributed by atoms with Gasteiger partial charge in [0.1, 0.15) is 5.01 Å². The molecule has 1 fully saturated rings. The summed E-state index contributed by atoms with van der Waals surface area (Å²) in [7, 11) is 0. The summed E-state index contributed by atoms with van der Waals surface area (Å²) in [6.45, 7) is 2.20. The molecule has 150 valence electrons. The number of anilines is 1. The fourth-order valence-corrected chi connectivity index (χ4v) is 3.84. The van der Waals surface area contributed by atoms with Gasteiger partial charge in [-0.25, -0.2) is 0 Å². The van der Waals surface area contributed by atoms with E-state index in [4.69, 9.17) is 0 Å². The van der Waals surface area contributed by atoms with Crippen LogP contribution in [0.15, 0.2) is 24.3 Å². The quantitative estimate of drug-likeness (QED) is 0.788. The molecule has 28 heavy (non-hydrogen) atoms. The number of carbonyl (C=O) groups is 2. The van der Waals surface area contributed by atoms with Crippen LogP contribution in [0.3, 0.4) is 0 Å². The Balaban J connectivity index is 1.60. The van der Waals surface area contributed by atoms with Gasteiger partial charge >= 0.3 is 6.18 Å². The highest BCUT2D eigenvalue weighted by Crippen LogP contribution is 2.30. The third-order valence-corrected chi connectivity index (χ3v) is 5.27. The van der Waals surface area contributed by atoms with Crippen molar-refractivity contribution in [2.24, 2.45) is 5.92 Å². The first-order valence-corrected chi connectivity index (χ1v) is 9.65. The number of halogens is 3. The minimum absolute atomic E-state index is 0.0193. The maximum Gasteiger partial charge on any atom is 0.416 e. The molecule has 1 aromatic heterocycles. The van der Waals surface area contributed by atoms with E-state index >= 15 is 0 Å². The normalized spacial score (nSPS) is 17.2. The van der Waals surface area contributed by atoms with E-state index in [0.29, 0.717) is 10.7 Å². The number of carbonyl (C=O) groups excluding carboxylic acids is 2. The Kier molecular flexibility index (Phi) is 5.97. The number of amides is 2. The Morgan fingerprint density at radius 3 is 2.86 bits per heavy atom. The third-order valence-electron chi connectivity index (χ3n) is 4.37. The van der Waals surface area contributed by atoms with Crippen LogP contribution in [0.2, 0.25) is 0 Å². The van der Waals surface area contributed by atoms with Crippen LogP contribution < -0.4 is 5.32 Å². The van der Waals surface area contributed by atoms with Gasteiger partial charge in [0, 0.05) is 25.9 Å². The second kappa shape index (κ2) is 8.26. The van der Waals surface area contributed by atoms with Crippen LogP contribution in [0.25, 0.3) is 0 Å². The molecule has 0 spiro atoms. The molecule has 0 aliphatic carbocycles. The lowest BCUT2D eigenvalue weighted by molar-refractivity contribution is -0.137. The van der Waals surface area contributed by atoms with Crippen LogP contribution in [-0.4, -0.2) is 33.5 Å². The molecule has 1 unspecified atom stereocenters. The predicted octanol–water partition coefficient (Wildman–Crippen LogP) is 3.50. The summed E-state index contributed by atoms with van der Waals surface area (Å²) in [5.74, 6) is -1.17. The summed E-state index contributed by atoms with van der Waals surface area (Å²) in [6.07, 6.45) is -2.72. The number of aryl methyl sites for hydroxylation is 1. The van der Waals surface area contributed by atoms with E-state index in [-0.39, 0.29) is 31.3 Å². The monoisotopic (exact) mass is 412 g/mol. The number of aromatic nitrogens is 2. The maximum atomic E-state index is 12.8. The van der Waals surface area contributed by atoms with E-state index in [0.717, 1.165) is 30.0 Å². The third kappa shape index (κ3) is 4.86. The summed E-state index contributed by atoms with van der Waals surface area (Å²) < 4.78 is 38.5.